The number of esters is 1. The van der Waals surface area contributed by atoms with Crippen LogP contribution in [-0.2, 0) is 14.2 Å². The zero-order chi connectivity index (χ0) is 31.2. The van der Waals surface area contributed by atoms with Crippen molar-refractivity contribution in [1.82, 2.24) is 9.97 Å². The number of carbonyl (C=O) groups excluding carboxylic acids is 2. The molecular weight excluding hydrogens is 582 g/mol. The van der Waals surface area contributed by atoms with Gasteiger partial charge in [0.25, 0.3) is 5.91 Å². The molecule has 0 unspecified atom stereocenters. The van der Waals surface area contributed by atoms with E-state index in [4.69, 9.17) is 23.4 Å². The summed E-state index contributed by atoms with van der Waals surface area (Å²) < 4.78 is 28.8. The number of carbonyl (C=O) groups is 2. The molecule has 228 valence electrons. The van der Waals surface area contributed by atoms with Crippen molar-refractivity contribution >= 4 is 39.9 Å². The van der Waals surface area contributed by atoms with E-state index in [1.807, 2.05) is 0 Å². The highest BCUT2D eigenvalue weighted by atomic mass is 32.1. The average molecular weight is 614 g/mol. The number of ether oxygens (including phenoxy) is 4. The number of hydrogen-bond acceptors (Lipinski definition) is 12. The molecule has 4 heterocycles. The van der Waals surface area contributed by atoms with Gasteiger partial charge in [0.05, 0.1) is 16.0 Å². The van der Waals surface area contributed by atoms with Crippen LogP contribution in [0, 0.1) is 20.8 Å². The van der Waals surface area contributed by atoms with Crippen LogP contribution in [0.2, 0.25) is 0 Å². The van der Waals surface area contributed by atoms with E-state index in [1.165, 1.54) is 36.0 Å². The summed E-state index contributed by atoms with van der Waals surface area (Å²) in [5, 5.41) is 26.8. The fourth-order valence-electron chi connectivity index (χ4n) is 4.99. The summed E-state index contributed by atoms with van der Waals surface area (Å²) in [6.07, 6.45) is -4.84. The van der Waals surface area contributed by atoms with E-state index in [9.17, 15) is 24.6 Å². The van der Waals surface area contributed by atoms with Crippen molar-refractivity contribution in [2.75, 3.05) is 12.4 Å². The number of nitrogens with one attached hydrogen (secondary N) is 2. The minimum absolute atomic E-state index is 0.00748. The maximum atomic E-state index is 12.9. The smallest absolute Gasteiger partial charge is 0.364 e. The average Bonchev–Trinajstić information content (AvgIpc) is 3.59. The number of aromatic amines is 1. The molecule has 14 heteroatoms. The molecule has 0 spiro atoms. The first-order chi connectivity index (χ1) is 20.3. The number of methoxy groups -OCH3 is 1. The minimum Gasteiger partial charge on any atom is -0.505 e. The Labute approximate surface area is 249 Å². The number of benzene rings is 1. The lowest BCUT2D eigenvalue weighted by molar-refractivity contribution is -0.305. The number of anilines is 1. The summed E-state index contributed by atoms with van der Waals surface area (Å²) in [5.41, 5.74) is -1.14. The van der Waals surface area contributed by atoms with Crippen molar-refractivity contribution in [3.8, 4) is 11.5 Å². The summed E-state index contributed by atoms with van der Waals surface area (Å²) in [7, 11) is 1.42. The molecule has 13 nitrogen and oxygen atoms in total. The number of H-pyrrole nitrogens is 1. The Morgan fingerprint density at radius 3 is 2.53 bits per heavy atom. The number of nitrogens with zero attached hydrogens (tertiary/aromatic N) is 1. The zero-order valence-electron chi connectivity index (χ0n) is 24.2. The summed E-state index contributed by atoms with van der Waals surface area (Å²) in [5.74, 6) is -1.70. The summed E-state index contributed by atoms with van der Waals surface area (Å²) >= 11 is 1.26. The molecule has 4 aromatic rings. The lowest BCUT2D eigenvalue weighted by atomic mass is 9.89. The van der Waals surface area contributed by atoms with Gasteiger partial charge in [0, 0.05) is 23.7 Å². The standard InChI is InChI=1S/C29H31N3O10S/c1-12-7-9-16(30-12)26(36)41-23-21(34)28(42-29(4,5)24(23)38-6)39-18-10-8-15-20(33)19(27(37)40-22(15)13(18)2)32-25(35)17-11-43-14(3)31-17/h7-11,21,23-24,28,30,33-34H,1-6H3,(H,32,35)/t21-,23+,24-,28-/m1/s1. The molecule has 1 aliphatic heterocycles. The SMILES string of the molecule is CO[C@@H]1[C@@H](OC(=O)c2ccc(C)[nH]2)[C@@H](O)[C@H](Oc2ccc3c(O)c(NC(=O)c4csc(C)n4)c(=O)oc3c2C)OC1(C)C. The number of rotatable bonds is 7. The third-order valence-electron chi connectivity index (χ3n) is 7.15. The van der Waals surface area contributed by atoms with Gasteiger partial charge in [-0.05, 0) is 58.9 Å². The Bertz CT molecular complexity index is 1760. The number of aliphatic hydroxyl groups excluding tert-OH is 1. The van der Waals surface area contributed by atoms with Gasteiger partial charge in [0.1, 0.15) is 28.8 Å². The maximum Gasteiger partial charge on any atom is 0.364 e. The Morgan fingerprint density at radius 2 is 1.91 bits per heavy atom. The molecule has 43 heavy (non-hydrogen) atoms. The molecule has 1 amide bonds. The molecule has 0 saturated carbocycles. The van der Waals surface area contributed by atoms with E-state index < -0.39 is 59.1 Å². The third kappa shape index (κ3) is 5.73. The maximum absolute atomic E-state index is 12.9. The summed E-state index contributed by atoms with van der Waals surface area (Å²) in [4.78, 5) is 45.2. The second kappa shape index (κ2) is 11.4. The second-order valence-corrected chi connectivity index (χ2v) is 11.7. The van der Waals surface area contributed by atoms with Crippen LogP contribution in [0.15, 0.2) is 38.9 Å². The van der Waals surface area contributed by atoms with Crippen LogP contribution >= 0.6 is 11.3 Å². The number of fused-ring (bicyclic) bond motifs is 1. The molecular formula is C29H31N3O10S. The highest BCUT2D eigenvalue weighted by molar-refractivity contribution is 7.09. The number of aliphatic hydroxyl groups is 1. The predicted octanol–water partition coefficient (Wildman–Crippen LogP) is 3.58. The van der Waals surface area contributed by atoms with Gasteiger partial charge in [-0.25, -0.2) is 14.6 Å². The van der Waals surface area contributed by atoms with E-state index in [0.717, 1.165) is 5.69 Å². The van der Waals surface area contributed by atoms with Crippen molar-refractivity contribution in [1.29, 1.82) is 0 Å². The van der Waals surface area contributed by atoms with E-state index in [-0.39, 0.29) is 28.1 Å². The molecule has 1 fully saturated rings. The first-order valence-corrected chi connectivity index (χ1v) is 14.1. The molecule has 1 aromatic carbocycles. The van der Waals surface area contributed by atoms with Crippen LogP contribution in [0.1, 0.15) is 51.1 Å². The Balaban J connectivity index is 1.42. The van der Waals surface area contributed by atoms with Gasteiger partial charge >= 0.3 is 11.6 Å². The number of thiazole rings is 1. The number of hydrogen-bond donors (Lipinski definition) is 4. The Morgan fingerprint density at radius 1 is 1.16 bits per heavy atom. The number of aryl methyl sites for hydroxylation is 3. The molecule has 1 aliphatic rings. The van der Waals surface area contributed by atoms with Crippen LogP contribution in [-0.4, -0.2) is 69.4 Å². The first-order valence-electron chi connectivity index (χ1n) is 13.3. The van der Waals surface area contributed by atoms with Gasteiger partial charge < -0.3 is 43.9 Å². The summed E-state index contributed by atoms with van der Waals surface area (Å²) in [6, 6.07) is 6.21. The monoisotopic (exact) mass is 613 g/mol. The van der Waals surface area contributed by atoms with Crippen molar-refractivity contribution in [3.05, 3.63) is 67.7 Å². The molecule has 4 N–H and O–H groups in total. The van der Waals surface area contributed by atoms with Crippen LogP contribution in [0.25, 0.3) is 11.0 Å². The van der Waals surface area contributed by atoms with Crippen molar-refractivity contribution < 1.29 is 43.2 Å². The summed E-state index contributed by atoms with van der Waals surface area (Å²) in [6.45, 7) is 8.52. The largest absolute Gasteiger partial charge is 0.505 e. The highest BCUT2D eigenvalue weighted by Crippen LogP contribution is 2.38. The number of amides is 1. The van der Waals surface area contributed by atoms with Gasteiger partial charge in [0.2, 0.25) is 6.29 Å². The van der Waals surface area contributed by atoms with Gasteiger partial charge in [-0.1, -0.05) is 0 Å². The van der Waals surface area contributed by atoms with Gasteiger partial charge in [-0.3, -0.25) is 4.79 Å². The van der Waals surface area contributed by atoms with Crippen LogP contribution in [0.4, 0.5) is 5.69 Å². The van der Waals surface area contributed by atoms with Crippen LogP contribution in [0.5, 0.6) is 11.5 Å². The first kappa shape index (κ1) is 30.2. The predicted molar refractivity (Wildman–Crippen MR) is 155 cm³/mol. The third-order valence-corrected chi connectivity index (χ3v) is 7.92. The van der Waals surface area contributed by atoms with E-state index in [1.54, 1.807) is 46.8 Å². The second-order valence-electron chi connectivity index (χ2n) is 10.7. The van der Waals surface area contributed by atoms with Gasteiger partial charge in [-0.2, -0.15) is 0 Å². The quantitative estimate of drug-likeness (QED) is 0.177. The number of aromatic hydroxyl groups is 1. The molecule has 1 saturated heterocycles. The van der Waals surface area contributed by atoms with E-state index in [2.05, 4.69) is 15.3 Å². The fraction of sp³-hybridized carbons (Fsp3) is 0.379. The molecule has 0 aliphatic carbocycles. The topological polar surface area (TPSA) is 182 Å². The number of aromatic nitrogens is 2. The van der Waals surface area contributed by atoms with Crippen molar-refractivity contribution in [2.24, 2.45) is 0 Å². The highest BCUT2D eigenvalue weighted by Gasteiger charge is 2.53. The van der Waals surface area contributed by atoms with Crippen LogP contribution < -0.4 is 15.7 Å². The minimum atomic E-state index is -1.49. The Kier molecular flexibility index (Phi) is 8.05. The normalized spacial score (nSPS) is 21.5. The molecule has 0 radical (unpaired) electrons. The Hall–Kier alpha value is -4.24. The van der Waals surface area contributed by atoms with Gasteiger partial charge in [-0.15, -0.1) is 11.3 Å². The van der Waals surface area contributed by atoms with Crippen LogP contribution in [0.3, 0.4) is 0 Å². The zero-order valence-corrected chi connectivity index (χ0v) is 25.0. The van der Waals surface area contributed by atoms with Crippen molar-refractivity contribution in [3.63, 3.8) is 0 Å². The molecule has 4 atom stereocenters. The molecule has 5 rings (SSSR count). The lowest BCUT2D eigenvalue weighted by Crippen LogP contribution is -2.65. The lowest BCUT2D eigenvalue weighted by Gasteiger charge is -2.47. The van der Waals surface area contributed by atoms with Gasteiger partial charge in [0.15, 0.2) is 23.6 Å². The molecule has 0 bridgehead atoms. The van der Waals surface area contributed by atoms with Crippen molar-refractivity contribution in [2.45, 2.75) is 64.8 Å². The van der Waals surface area contributed by atoms with E-state index >= 15 is 0 Å². The molecule has 3 aromatic heterocycles. The fourth-order valence-corrected chi connectivity index (χ4v) is 5.59. The van der Waals surface area contributed by atoms with E-state index in [0.29, 0.717) is 10.6 Å².